The lowest BCUT2D eigenvalue weighted by molar-refractivity contribution is 0.117. The molecule has 0 spiro atoms. The molecule has 1 aromatic carbocycles. The molecule has 2 nitrogen and oxygen atoms in total. The molecule has 1 N–H and O–H groups in total. The maximum atomic E-state index is 9.33. The lowest BCUT2D eigenvalue weighted by Gasteiger charge is -2.34. The summed E-state index contributed by atoms with van der Waals surface area (Å²) >= 11 is 0. The van der Waals surface area contributed by atoms with Crippen LogP contribution in [0.2, 0.25) is 0 Å². The highest BCUT2D eigenvalue weighted by Gasteiger charge is 2.21. The highest BCUT2D eigenvalue weighted by Crippen LogP contribution is 2.24. The molecular formula is C17H27NO. The topological polar surface area (TPSA) is 23.5 Å². The molecule has 2 rings (SSSR count). The van der Waals surface area contributed by atoms with Crippen LogP contribution >= 0.6 is 0 Å². The van der Waals surface area contributed by atoms with Gasteiger partial charge in [0.25, 0.3) is 0 Å². The van der Waals surface area contributed by atoms with Gasteiger partial charge in [0, 0.05) is 19.1 Å². The summed E-state index contributed by atoms with van der Waals surface area (Å²) < 4.78 is 0. The van der Waals surface area contributed by atoms with Gasteiger partial charge in [0.05, 0.1) is 6.61 Å². The van der Waals surface area contributed by atoms with E-state index in [1.165, 1.54) is 48.8 Å². The largest absolute Gasteiger partial charge is 0.395 e. The van der Waals surface area contributed by atoms with Crippen LogP contribution in [0, 0.1) is 13.8 Å². The lowest BCUT2D eigenvalue weighted by atomic mass is 9.93. The zero-order valence-electron chi connectivity index (χ0n) is 12.4. The zero-order valence-corrected chi connectivity index (χ0v) is 12.4. The van der Waals surface area contributed by atoms with Gasteiger partial charge in [-0.15, -0.1) is 0 Å². The van der Waals surface area contributed by atoms with E-state index in [0.29, 0.717) is 6.04 Å². The number of hydrogen-bond acceptors (Lipinski definition) is 2. The van der Waals surface area contributed by atoms with Crippen molar-refractivity contribution in [2.45, 2.75) is 58.5 Å². The van der Waals surface area contributed by atoms with Gasteiger partial charge in [-0.25, -0.2) is 0 Å². The van der Waals surface area contributed by atoms with Crippen LogP contribution in [0.15, 0.2) is 18.2 Å². The van der Waals surface area contributed by atoms with E-state index in [2.05, 4.69) is 36.9 Å². The standard InChI is InChI=1S/C17H27NO/c1-14-8-9-15(2)16(12-14)13-18(10-11-19)17-6-4-3-5-7-17/h8-9,12,17,19H,3-7,10-11,13H2,1-2H3. The van der Waals surface area contributed by atoms with Gasteiger partial charge in [0.15, 0.2) is 0 Å². The first-order valence-corrected chi connectivity index (χ1v) is 7.61. The monoisotopic (exact) mass is 261 g/mol. The maximum absolute atomic E-state index is 9.33. The Bertz CT molecular complexity index is 396. The average Bonchev–Trinajstić information content (AvgIpc) is 2.43. The third kappa shape index (κ3) is 4.05. The zero-order chi connectivity index (χ0) is 13.7. The number of aryl methyl sites for hydroxylation is 2. The third-order valence-electron chi connectivity index (χ3n) is 4.36. The van der Waals surface area contributed by atoms with Crippen molar-refractivity contribution in [1.29, 1.82) is 0 Å². The molecule has 0 aliphatic heterocycles. The summed E-state index contributed by atoms with van der Waals surface area (Å²) in [5, 5.41) is 9.33. The molecule has 0 aromatic heterocycles. The summed E-state index contributed by atoms with van der Waals surface area (Å²) in [6, 6.07) is 7.35. The fourth-order valence-electron chi connectivity index (χ4n) is 3.15. The van der Waals surface area contributed by atoms with E-state index in [1.54, 1.807) is 0 Å². The van der Waals surface area contributed by atoms with E-state index in [9.17, 15) is 5.11 Å². The van der Waals surface area contributed by atoms with Crippen LogP contribution in [0.5, 0.6) is 0 Å². The lowest BCUT2D eigenvalue weighted by Crippen LogP contribution is -2.38. The third-order valence-corrected chi connectivity index (χ3v) is 4.36. The molecule has 1 saturated carbocycles. The van der Waals surface area contributed by atoms with Crippen LogP contribution in [-0.4, -0.2) is 29.2 Å². The Labute approximate surface area is 117 Å². The van der Waals surface area contributed by atoms with Crippen LogP contribution < -0.4 is 0 Å². The minimum atomic E-state index is 0.265. The number of benzene rings is 1. The minimum absolute atomic E-state index is 0.265. The van der Waals surface area contributed by atoms with E-state index >= 15 is 0 Å². The second kappa shape index (κ2) is 7.06. The quantitative estimate of drug-likeness (QED) is 0.878. The van der Waals surface area contributed by atoms with Gasteiger partial charge >= 0.3 is 0 Å². The van der Waals surface area contributed by atoms with Crippen molar-refractivity contribution < 1.29 is 5.11 Å². The highest BCUT2D eigenvalue weighted by atomic mass is 16.3. The number of rotatable bonds is 5. The Balaban J connectivity index is 2.08. The van der Waals surface area contributed by atoms with E-state index in [4.69, 9.17) is 0 Å². The highest BCUT2D eigenvalue weighted by molar-refractivity contribution is 5.30. The molecule has 0 heterocycles. The molecule has 0 amide bonds. The van der Waals surface area contributed by atoms with Crippen LogP contribution in [0.3, 0.4) is 0 Å². The Kier molecular flexibility index (Phi) is 5.41. The Hall–Kier alpha value is -0.860. The number of aliphatic hydroxyl groups is 1. The molecule has 0 unspecified atom stereocenters. The molecule has 0 radical (unpaired) electrons. The fourth-order valence-corrected chi connectivity index (χ4v) is 3.15. The van der Waals surface area contributed by atoms with Crippen molar-refractivity contribution in [2.24, 2.45) is 0 Å². The molecule has 0 bridgehead atoms. The normalized spacial score (nSPS) is 17.1. The molecule has 1 aliphatic rings. The van der Waals surface area contributed by atoms with Crippen molar-refractivity contribution in [3.05, 3.63) is 34.9 Å². The molecule has 2 heteroatoms. The molecule has 1 aliphatic carbocycles. The van der Waals surface area contributed by atoms with Crippen molar-refractivity contribution in [2.75, 3.05) is 13.2 Å². The average molecular weight is 261 g/mol. The molecule has 1 fully saturated rings. The van der Waals surface area contributed by atoms with Gasteiger partial charge in [-0.3, -0.25) is 4.90 Å². The first-order valence-electron chi connectivity index (χ1n) is 7.61. The fraction of sp³-hybridized carbons (Fsp3) is 0.647. The molecule has 106 valence electrons. The van der Waals surface area contributed by atoms with E-state index in [-0.39, 0.29) is 6.61 Å². The number of aliphatic hydroxyl groups excluding tert-OH is 1. The molecular weight excluding hydrogens is 234 g/mol. The second-order valence-electron chi connectivity index (χ2n) is 5.92. The van der Waals surface area contributed by atoms with Crippen molar-refractivity contribution in [3.8, 4) is 0 Å². The second-order valence-corrected chi connectivity index (χ2v) is 5.92. The summed E-state index contributed by atoms with van der Waals surface area (Å²) in [4.78, 5) is 2.49. The first kappa shape index (κ1) is 14.5. The van der Waals surface area contributed by atoms with Crippen LogP contribution in [-0.2, 0) is 6.54 Å². The Morgan fingerprint density at radius 3 is 2.58 bits per heavy atom. The van der Waals surface area contributed by atoms with Gasteiger partial charge in [-0.2, -0.15) is 0 Å². The van der Waals surface area contributed by atoms with Gasteiger partial charge in [0.1, 0.15) is 0 Å². The van der Waals surface area contributed by atoms with Gasteiger partial charge in [0.2, 0.25) is 0 Å². The Morgan fingerprint density at radius 1 is 1.16 bits per heavy atom. The van der Waals surface area contributed by atoms with E-state index in [0.717, 1.165) is 13.1 Å². The minimum Gasteiger partial charge on any atom is -0.395 e. The summed E-state index contributed by atoms with van der Waals surface area (Å²) in [5.41, 5.74) is 4.11. The SMILES string of the molecule is Cc1ccc(C)c(CN(CCO)C2CCCCC2)c1. The first-order chi connectivity index (χ1) is 9.20. The Morgan fingerprint density at radius 2 is 1.89 bits per heavy atom. The van der Waals surface area contributed by atoms with Crippen LogP contribution in [0.25, 0.3) is 0 Å². The molecule has 1 aromatic rings. The maximum Gasteiger partial charge on any atom is 0.0558 e. The summed E-state index contributed by atoms with van der Waals surface area (Å²) in [6.45, 7) is 6.39. The van der Waals surface area contributed by atoms with Crippen LogP contribution in [0.4, 0.5) is 0 Å². The van der Waals surface area contributed by atoms with Crippen molar-refractivity contribution >= 4 is 0 Å². The van der Waals surface area contributed by atoms with Gasteiger partial charge < -0.3 is 5.11 Å². The van der Waals surface area contributed by atoms with Crippen molar-refractivity contribution in [1.82, 2.24) is 4.90 Å². The summed E-state index contributed by atoms with van der Waals surface area (Å²) in [5.74, 6) is 0. The molecule has 19 heavy (non-hydrogen) atoms. The number of hydrogen-bond donors (Lipinski definition) is 1. The smallest absolute Gasteiger partial charge is 0.0558 e. The van der Waals surface area contributed by atoms with E-state index in [1.807, 2.05) is 0 Å². The molecule has 0 atom stereocenters. The van der Waals surface area contributed by atoms with E-state index < -0.39 is 0 Å². The molecule has 0 saturated heterocycles. The van der Waals surface area contributed by atoms with Crippen LogP contribution in [0.1, 0.15) is 48.8 Å². The van der Waals surface area contributed by atoms with Crippen molar-refractivity contribution in [3.63, 3.8) is 0 Å². The predicted molar refractivity (Wildman–Crippen MR) is 80.3 cm³/mol. The van der Waals surface area contributed by atoms with Gasteiger partial charge in [-0.05, 0) is 37.8 Å². The van der Waals surface area contributed by atoms with Gasteiger partial charge in [-0.1, -0.05) is 43.0 Å². The predicted octanol–water partition coefficient (Wildman–Crippen LogP) is 3.43. The summed E-state index contributed by atoms with van der Waals surface area (Å²) in [7, 11) is 0. The number of nitrogens with zero attached hydrogens (tertiary/aromatic N) is 1. The summed E-state index contributed by atoms with van der Waals surface area (Å²) in [6.07, 6.45) is 6.67.